The normalized spacial score (nSPS) is 11.2. The predicted octanol–water partition coefficient (Wildman–Crippen LogP) is 4.44. The van der Waals surface area contributed by atoms with Crippen LogP contribution in [-0.2, 0) is 16.9 Å². The first-order valence-corrected chi connectivity index (χ1v) is 12.6. The third-order valence-corrected chi connectivity index (χ3v) is 6.90. The van der Waals surface area contributed by atoms with Gasteiger partial charge in [0.05, 0.1) is 11.1 Å². The van der Waals surface area contributed by atoms with Gasteiger partial charge in [0.25, 0.3) is 0 Å². The smallest absolute Gasteiger partial charge is 0.223 e. The van der Waals surface area contributed by atoms with Gasteiger partial charge in [-0.25, -0.2) is 13.1 Å². The van der Waals surface area contributed by atoms with E-state index in [0.717, 1.165) is 17.4 Å². The number of sulfone groups is 1. The Morgan fingerprint density at radius 1 is 1.00 bits per heavy atom. The summed E-state index contributed by atoms with van der Waals surface area (Å²) in [5, 5.41) is 4.14. The van der Waals surface area contributed by atoms with Gasteiger partial charge in [-0.05, 0) is 56.5 Å². The first-order valence-electron chi connectivity index (χ1n) is 10.7. The molecule has 0 radical (unpaired) electrons. The van der Waals surface area contributed by atoms with E-state index in [1.165, 1.54) is 23.0 Å². The molecular formula is C26H28N2O5S. The molecule has 1 heterocycles. The number of hydrogen-bond donors (Lipinski definition) is 0. The number of aromatic nitrogens is 2. The average Bonchev–Trinajstić information content (AvgIpc) is 3.16. The number of Topliss-reactive ketones (excluding diaryl/α,β-unsaturated/α-hetero) is 1. The number of rotatable bonds is 8. The molecule has 178 valence electrons. The average molecular weight is 481 g/mol. The molecule has 2 aromatic carbocycles. The van der Waals surface area contributed by atoms with Gasteiger partial charge >= 0.3 is 0 Å². The maximum Gasteiger partial charge on any atom is 0.223 e. The van der Waals surface area contributed by atoms with Crippen LogP contribution in [0.4, 0.5) is 0 Å². The summed E-state index contributed by atoms with van der Waals surface area (Å²) in [4.78, 5) is 26.2. The fourth-order valence-corrected chi connectivity index (χ4v) is 4.69. The Labute approximate surface area is 200 Å². The third-order valence-electron chi connectivity index (χ3n) is 5.76. The molecule has 7 nitrogen and oxygen atoms in total. The van der Waals surface area contributed by atoms with E-state index < -0.39 is 9.84 Å². The highest BCUT2D eigenvalue weighted by Gasteiger charge is 2.26. The minimum absolute atomic E-state index is 0.168. The standard InChI is InChI=1S/C26H28N2O5S/c1-16(2)17(3)24-18(4)20(12-13-23(24)34(6,31)32)25(30)21-14-27-28(5)26(21)33-15-22(29)19-10-8-7-9-11-19/h7-14H,15H2,1-6H3. The topological polar surface area (TPSA) is 95.3 Å². The van der Waals surface area contributed by atoms with Crippen molar-refractivity contribution < 1.29 is 22.7 Å². The summed E-state index contributed by atoms with van der Waals surface area (Å²) in [5.74, 6) is -0.424. The number of ketones is 2. The van der Waals surface area contributed by atoms with E-state index in [1.807, 2.05) is 26.8 Å². The molecule has 0 saturated heterocycles. The van der Waals surface area contributed by atoms with Gasteiger partial charge in [-0.2, -0.15) is 5.10 Å². The zero-order valence-corrected chi connectivity index (χ0v) is 21.0. The van der Waals surface area contributed by atoms with Gasteiger partial charge in [0.15, 0.2) is 28.0 Å². The van der Waals surface area contributed by atoms with E-state index >= 15 is 0 Å². The Kier molecular flexibility index (Phi) is 7.21. The van der Waals surface area contributed by atoms with Gasteiger partial charge in [0, 0.05) is 24.4 Å². The molecule has 3 aromatic rings. The number of aryl methyl sites for hydroxylation is 1. The second-order valence-corrected chi connectivity index (χ2v) is 10.4. The van der Waals surface area contributed by atoms with E-state index in [1.54, 1.807) is 38.2 Å². The third kappa shape index (κ3) is 5.02. The molecule has 0 aliphatic carbocycles. The van der Waals surface area contributed by atoms with Crippen LogP contribution in [0.5, 0.6) is 5.88 Å². The van der Waals surface area contributed by atoms with E-state index in [4.69, 9.17) is 4.74 Å². The van der Waals surface area contributed by atoms with Crippen molar-refractivity contribution in [3.63, 3.8) is 0 Å². The largest absolute Gasteiger partial charge is 0.469 e. The number of hydrogen-bond acceptors (Lipinski definition) is 6. The summed E-state index contributed by atoms with van der Waals surface area (Å²) < 4.78 is 32.0. The molecule has 0 saturated carbocycles. The van der Waals surface area contributed by atoms with Gasteiger partial charge in [-0.15, -0.1) is 0 Å². The van der Waals surface area contributed by atoms with Crippen LogP contribution in [0, 0.1) is 6.92 Å². The monoisotopic (exact) mass is 480 g/mol. The molecule has 0 aliphatic rings. The lowest BCUT2D eigenvalue weighted by Gasteiger charge is -2.17. The molecule has 0 fully saturated rings. The van der Waals surface area contributed by atoms with Gasteiger partial charge in [0.2, 0.25) is 5.88 Å². The summed E-state index contributed by atoms with van der Waals surface area (Å²) in [6.07, 6.45) is 2.55. The highest BCUT2D eigenvalue weighted by molar-refractivity contribution is 7.90. The Hall–Kier alpha value is -3.52. The van der Waals surface area contributed by atoms with Crippen LogP contribution in [0.25, 0.3) is 5.57 Å². The molecule has 3 rings (SSSR count). The molecule has 0 unspecified atom stereocenters. The Morgan fingerprint density at radius 2 is 1.65 bits per heavy atom. The van der Waals surface area contributed by atoms with Crippen molar-refractivity contribution in [2.75, 3.05) is 12.9 Å². The van der Waals surface area contributed by atoms with Crippen molar-refractivity contribution in [3.05, 3.63) is 82.1 Å². The molecular weight excluding hydrogens is 452 g/mol. The Balaban J connectivity index is 2.02. The number of nitrogens with zero attached hydrogens (tertiary/aromatic N) is 2. The van der Waals surface area contributed by atoms with Crippen LogP contribution in [0.2, 0.25) is 0 Å². The molecule has 0 atom stereocenters. The Morgan fingerprint density at radius 3 is 2.24 bits per heavy atom. The number of benzene rings is 2. The molecule has 0 amide bonds. The highest BCUT2D eigenvalue weighted by atomic mass is 32.2. The van der Waals surface area contributed by atoms with Crippen molar-refractivity contribution >= 4 is 27.0 Å². The highest BCUT2D eigenvalue weighted by Crippen LogP contribution is 2.33. The molecule has 8 heteroatoms. The van der Waals surface area contributed by atoms with Crippen LogP contribution in [0.15, 0.2) is 59.1 Å². The summed E-state index contributed by atoms with van der Waals surface area (Å²) in [6.45, 7) is 7.12. The summed E-state index contributed by atoms with van der Waals surface area (Å²) in [7, 11) is -1.89. The number of carbonyl (C=O) groups excluding carboxylic acids is 2. The predicted molar refractivity (Wildman–Crippen MR) is 131 cm³/mol. The van der Waals surface area contributed by atoms with Gasteiger partial charge < -0.3 is 4.74 Å². The zero-order chi connectivity index (χ0) is 25.2. The quantitative estimate of drug-likeness (QED) is 0.443. The Bertz CT molecular complexity index is 1400. The fraction of sp³-hybridized carbons (Fsp3) is 0.269. The number of carbonyl (C=O) groups is 2. The van der Waals surface area contributed by atoms with E-state index in [9.17, 15) is 18.0 Å². The second-order valence-electron chi connectivity index (χ2n) is 8.40. The van der Waals surface area contributed by atoms with E-state index in [2.05, 4.69) is 5.10 Å². The second kappa shape index (κ2) is 9.77. The van der Waals surface area contributed by atoms with Crippen LogP contribution < -0.4 is 4.74 Å². The summed E-state index contributed by atoms with van der Waals surface area (Å²) >= 11 is 0. The van der Waals surface area contributed by atoms with Crippen LogP contribution >= 0.6 is 0 Å². The summed E-state index contributed by atoms with van der Waals surface area (Å²) in [6, 6.07) is 11.7. The fourth-order valence-electron chi connectivity index (χ4n) is 3.70. The van der Waals surface area contributed by atoms with Gasteiger partial charge in [0.1, 0.15) is 5.56 Å². The minimum Gasteiger partial charge on any atom is -0.469 e. The van der Waals surface area contributed by atoms with Crippen LogP contribution in [0.1, 0.15) is 58.2 Å². The van der Waals surface area contributed by atoms with Crippen molar-refractivity contribution in [3.8, 4) is 5.88 Å². The van der Waals surface area contributed by atoms with Crippen LogP contribution in [0.3, 0.4) is 0 Å². The first-order chi connectivity index (χ1) is 15.9. The molecule has 1 aromatic heterocycles. The lowest BCUT2D eigenvalue weighted by molar-refractivity contribution is 0.0908. The van der Waals surface area contributed by atoms with Crippen molar-refractivity contribution in [1.29, 1.82) is 0 Å². The summed E-state index contributed by atoms with van der Waals surface area (Å²) in [5.41, 5.74) is 3.87. The number of ether oxygens (including phenoxy) is 1. The van der Waals surface area contributed by atoms with Gasteiger partial charge in [-0.1, -0.05) is 35.9 Å². The van der Waals surface area contributed by atoms with Crippen molar-refractivity contribution in [2.24, 2.45) is 7.05 Å². The maximum atomic E-state index is 13.5. The minimum atomic E-state index is -3.51. The lowest BCUT2D eigenvalue weighted by Crippen LogP contribution is -2.15. The van der Waals surface area contributed by atoms with Crippen LogP contribution in [-0.4, -0.2) is 42.6 Å². The molecule has 0 spiro atoms. The first kappa shape index (κ1) is 25.1. The van der Waals surface area contributed by atoms with Crippen molar-refractivity contribution in [1.82, 2.24) is 9.78 Å². The van der Waals surface area contributed by atoms with Gasteiger partial charge in [-0.3, -0.25) is 9.59 Å². The molecule has 0 bridgehead atoms. The van der Waals surface area contributed by atoms with E-state index in [0.29, 0.717) is 22.3 Å². The number of allylic oxidation sites excluding steroid dienone is 2. The molecule has 34 heavy (non-hydrogen) atoms. The lowest BCUT2D eigenvalue weighted by atomic mass is 9.91. The van der Waals surface area contributed by atoms with Crippen molar-refractivity contribution in [2.45, 2.75) is 32.6 Å². The molecule has 0 aliphatic heterocycles. The zero-order valence-electron chi connectivity index (χ0n) is 20.2. The SMILES string of the molecule is CC(C)=C(C)c1c(S(C)(=O)=O)ccc(C(=O)c2cnn(C)c2OCC(=O)c2ccccc2)c1C. The van der Waals surface area contributed by atoms with E-state index in [-0.39, 0.29) is 34.5 Å². The molecule has 0 N–H and O–H groups in total. The maximum absolute atomic E-state index is 13.5.